The summed E-state index contributed by atoms with van der Waals surface area (Å²) in [5.74, 6) is 18.1. The molecule has 268 valence electrons. The standard InChI is InChI=1S/C47H80/c1-8-29(9-2)33-24-34(30(10-3)11-4)28-47(27-33)41-23-22-37-39(25-32-21-20-31-16-12-13-17-35(31)43(32)37)44(41)40-26-42(46(5,6)7)36-18-14-15-19-38(36)45(40)47/h29-45H,8-28H2,1-7H3. The van der Waals surface area contributed by atoms with Crippen LogP contribution in [-0.4, -0.2) is 0 Å². The highest BCUT2D eigenvalue weighted by Crippen LogP contribution is 2.77. The summed E-state index contributed by atoms with van der Waals surface area (Å²) in [5.41, 5.74) is 1.16. The number of rotatable bonds is 6. The van der Waals surface area contributed by atoms with Crippen molar-refractivity contribution >= 4 is 0 Å². The van der Waals surface area contributed by atoms with Crippen molar-refractivity contribution in [2.45, 2.75) is 183 Å². The third-order valence-corrected chi connectivity index (χ3v) is 19.5. The van der Waals surface area contributed by atoms with Crippen LogP contribution in [0.5, 0.6) is 0 Å². The van der Waals surface area contributed by atoms with E-state index in [-0.39, 0.29) is 0 Å². The highest BCUT2D eigenvalue weighted by Gasteiger charge is 2.70. The Morgan fingerprint density at radius 3 is 1.74 bits per heavy atom. The summed E-state index contributed by atoms with van der Waals surface area (Å²) in [6.07, 6.45) is 33.1. The van der Waals surface area contributed by atoms with Gasteiger partial charge in [-0.05, 0) is 188 Å². The average molecular weight is 645 g/mol. The summed E-state index contributed by atoms with van der Waals surface area (Å²) in [4.78, 5) is 0. The van der Waals surface area contributed by atoms with Crippen LogP contribution in [0.2, 0.25) is 0 Å². The van der Waals surface area contributed by atoms with Gasteiger partial charge in [-0.15, -0.1) is 0 Å². The zero-order chi connectivity index (χ0) is 32.7. The fourth-order valence-corrected chi connectivity index (χ4v) is 18.2. The Morgan fingerprint density at radius 1 is 0.511 bits per heavy atom. The van der Waals surface area contributed by atoms with Gasteiger partial charge >= 0.3 is 0 Å². The fourth-order valence-electron chi connectivity index (χ4n) is 18.2. The van der Waals surface area contributed by atoms with Crippen molar-refractivity contribution in [3.8, 4) is 0 Å². The molecule has 0 saturated heterocycles. The van der Waals surface area contributed by atoms with Gasteiger partial charge in [-0.2, -0.15) is 0 Å². The van der Waals surface area contributed by atoms with Crippen molar-refractivity contribution in [1.29, 1.82) is 0 Å². The summed E-state index contributed by atoms with van der Waals surface area (Å²) < 4.78 is 0. The lowest BCUT2D eigenvalue weighted by Crippen LogP contribution is -2.52. The highest BCUT2D eigenvalue weighted by atomic mass is 14.8. The molecule has 0 amide bonds. The molecular weight excluding hydrogens is 565 g/mol. The maximum Gasteiger partial charge on any atom is -0.0227 e. The van der Waals surface area contributed by atoms with Crippen LogP contribution in [0.25, 0.3) is 0 Å². The number of hydrogen-bond donors (Lipinski definition) is 0. The van der Waals surface area contributed by atoms with Crippen LogP contribution >= 0.6 is 0 Å². The van der Waals surface area contributed by atoms with Crippen molar-refractivity contribution in [3.63, 3.8) is 0 Å². The lowest BCUT2D eigenvalue weighted by atomic mass is 9.45. The summed E-state index contributed by atoms with van der Waals surface area (Å²) in [5, 5.41) is 0. The molecule has 0 heteroatoms. The molecule has 0 aromatic rings. The molecular formula is C47H80. The first-order chi connectivity index (χ1) is 22.7. The molecule has 0 heterocycles. The van der Waals surface area contributed by atoms with Crippen LogP contribution in [-0.2, 0) is 0 Å². The summed E-state index contributed by atoms with van der Waals surface area (Å²) in [6, 6.07) is 0. The SMILES string of the molecule is CCC(CC)C1CC(C(CC)CC)CC2(C1)C1CCC3C(CC4CCC5CCCCC5C43)C1C1CC(C(C)(C)C)C3CCCCC3C12. The Bertz CT molecular complexity index is 1030. The maximum atomic E-state index is 2.68. The van der Waals surface area contributed by atoms with Crippen LogP contribution in [0.15, 0.2) is 0 Å². The van der Waals surface area contributed by atoms with E-state index < -0.39 is 0 Å². The molecule has 0 nitrogen and oxygen atoms in total. The topological polar surface area (TPSA) is 0 Å². The zero-order valence-electron chi connectivity index (χ0n) is 32.7. The van der Waals surface area contributed by atoms with Gasteiger partial charge in [-0.25, -0.2) is 0 Å². The van der Waals surface area contributed by atoms with Gasteiger partial charge < -0.3 is 0 Å². The Morgan fingerprint density at radius 2 is 1.11 bits per heavy atom. The minimum absolute atomic E-state index is 0.478. The maximum absolute atomic E-state index is 2.68. The average Bonchev–Trinajstić information content (AvgIpc) is 3.59. The molecule has 0 radical (unpaired) electrons. The second kappa shape index (κ2) is 13.2. The number of hydrogen-bond acceptors (Lipinski definition) is 0. The van der Waals surface area contributed by atoms with E-state index in [0.29, 0.717) is 10.8 Å². The zero-order valence-corrected chi connectivity index (χ0v) is 32.7. The van der Waals surface area contributed by atoms with E-state index >= 15 is 0 Å². The second-order valence-corrected chi connectivity index (χ2v) is 21.5. The van der Waals surface area contributed by atoms with Gasteiger partial charge in [0, 0.05) is 0 Å². The first-order valence-corrected chi connectivity index (χ1v) is 22.7. The lowest BCUT2D eigenvalue weighted by molar-refractivity contribution is -0.106. The smallest absolute Gasteiger partial charge is 0.0227 e. The van der Waals surface area contributed by atoms with Gasteiger partial charge in [-0.3, -0.25) is 0 Å². The Kier molecular flexibility index (Phi) is 9.58. The van der Waals surface area contributed by atoms with Crippen LogP contribution in [0, 0.1) is 111 Å². The third-order valence-electron chi connectivity index (χ3n) is 19.5. The van der Waals surface area contributed by atoms with Crippen LogP contribution in [0.3, 0.4) is 0 Å². The summed E-state index contributed by atoms with van der Waals surface area (Å²) >= 11 is 0. The summed E-state index contributed by atoms with van der Waals surface area (Å²) in [7, 11) is 0. The Labute approximate surface area is 293 Å². The van der Waals surface area contributed by atoms with E-state index in [4.69, 9.17) is 0 Å². The van der Waals surface area contributed by atoms with E-state index in [1.807, 2.05) is 0 Å². The first-order valence-electron chi connectivity index (χ1n) is 22.7. The molecule has 15 atom stereocenters. The van der Waals surface area contributed by atoms with E-state index in [1.165, 1.54) is 32.1 Å². The number of fused-ring (bicyclic) bond motifs is 13. The molecule has 15 unspecified atom stereocenters. The van der Waals surface area contributed by atoms with Gasteiger partial charge in [0.2, 0.25) is 0 Å². The summed E-state index contributed by atoms with van der Waals surface area (Å²) in [6.45, 7) is 18.3. The molecule has 8 aliphatic carbocycles. The normalized spacial score (nSPS) is 50.9. The molecule has 0 aromatic heterocycles. The fraction of sp³-hybridized carbons (Fsp3) is 1.00. The molecule has 47 heavy (non-hydrogen) atoms. The van der Waals surface area contributed by atoms with Crippen LogP contribution in [0.1, 0.15) is 183 Å². The van der Waals surface area contributed by atoms with E-state index in [1.54, 1.807) is 103 Å². The Hall–Kier alpha value is 0. The van der Waals surface area contributed by atoms with Crippen molar-refractivity contribution in [2.75, 3.05) is 0 Å². The molecule has 8 rings (SSSR count). The third kappa shape index (κ3) is 5.44. The van der Waals surface area contributed by atoms with Crippen molar-refractivity contribution in [3.05, 3.63) is 0 Å². The first kappa shape index (κ1) is 34.1. The van der Waals surface area contributed by atoms with Crippen molar-refractivity contribution in [1.82, 2.24) is 0 Å². The van der Waals surface area contributed by atoms with E-state index in [9.17, 15) is 0 Å². The van der Waals surface area contributed by atoms with Gasteiger partial charge in [0.25, 0.3) is 0 Å². The predicted octanol–water partition coefficient (Wildman–Crippen LogP) is 13.9. The van der Waals surface area contributed by atoms with Crippen molar-refractivity contribution in [2.24, 2.45) is 111 Å². The molecule has 8 saturated carbocycles. The van der Waals surface area contributed by atoms with Crippen molar-refractivity contribution < 1.29 is 0 Å². The Balaban J connectivity index is 1.23. The monoisotopic (exact) mass is 645 g/mol. The van der Waals surface area contributed by atoms with Gasteiger partial charge in [0.15, 0.2) is 0 Å². The van der Waals surface area contributed by atoms with Crippen LogP contribution < -0.4 is 0 Å². The minimum Gasteiger partial charge on any atom is -0.0651 e. The second-order valence-electron chi connectivity index (χ2n) is 21.5. The van der Waals surface area contributed by atoms with E-state index in [0.717, 1.165) is 101 Å². The molecule has 0 bridgehead atoms. The van der Waals surface area contributed by atoms with Gasteiger partial charge in [-0.1, -0.05) is 106 Å². The van der Waals surface area contributed by atoms with Gasteiger partial charge in [0.05, 0.1) is 0 Å². The quantitative estimate of drug-likeness (QED) is 0.270. The minimum atomic E-state index is 0.478. The molecule has 0 N–H and O–H groups in total. The molecule has 8 aliphatic rings. The lowest BCUT2D eigenvalue weighted by Gasteiger charge is -2.59. The highest BCUT2D eigenvalue weighted by molar-refractivity contribution is 5.19. The van der Waals surface area contributed by atoms with E-state index in [2.05, 4.69) is 48.5 Å². The molecule has 8 fully saturated rings. The van der Waals surface area contributed by atoms with Gasteiger partial charge in [0.1, 0.15) is 0 Å². The van der Waals surface area contributed by atoms with Crippen LogP contribution in [0.4, 0.5) is 0 Å². The largest absolute Gasteiger partial charge is 0.0651 e. The molecule has 0 aromatic carbocycles. The molecule has 1 spiro atoms. The molecule has 0 aliphatic heterocycles. The predicted molar refractivity (Wildman–Crippen MR) is 201 cm³/mol.